The molecule has 0 saturated carbocycles. The Hall–Kier alpha value is -1.31. The van der Waals surface area contributed by atoms with Crippen LogP contribution in [-0.2, 0) is 10.4 Å². The van der Waals surface area contributed by atoms with E-state index in [9.17, 15) is 13.5 Å². The molecule has 1 aromatic carbocycles. The molecular weight excluding hydrogens is 248 g/mol. The Bertz CT molecular complexity index is 548. The van der Waals surface area contributed by atoms with Crippen molar-refractivity contribution in [3.05, 3.63) is 23.8 Å². The first-order valence-corrected chi connectivity index (χ1v) is 6.24. The molecule has 1 heterocycles. The highest BCUT2D eigenvalue weighted by Gasteiger charge is 2.42. The van der Waals surface area contributed by atoms with Crippen LogP contribution < -0.4 is 8.92 Å². The van der Waals surface area contributed by atoms with Crippen molar-refractivity contribution >= 4 is 10.4 Å². The summed E-state index contributed by atoms with van der Waals surface area (Å²) < 4.78 is 39.8. The van der Waals surface area contributed by atoms with Gasteiger partial charge in [-0.25, -0.2) is 0 Å². The van der Waals surface area contributed by atoms with Gasteiger partial charge in [0.15, 0.2) is 11.5 Å². The van der Waals surface area contributed by atoms with Crippen LogP contribution in [0.15, 0.2) is 18.2 Å². The molecule has 0 saturated heterocycles. The number of aliphatic hydroxyl groups is 1. The molecule has 2 rings (SSSR count). The number of ether oxygens (including phenoxy) is 1. The van der Waals surface area contributed by atoms with Crippen molar-refractivity contribution < 1.29 is 27.0 Å². The predicted molar refractivity (Wildman–Crippen MR) is 58.3 cm³/mol. The second-order valence-corrected chi connectivity index (χ2v) is 5.32. The number of hydrogen-bond donors (Lipinski definition) is 2. The van der Waals surface area contributed by atoms with Crippen LogP contribution in [0.25, 0.3) is 0 Å². The molecule has 7 heteroatoms. The quantitative estimate of drug-likeness (QED) is 0.773. The normalized spacial score (nSPS) is 21.8. The lowest BCUT2D eigenvalue weighted by Crippen LogP contribution is -2.29. The van der Waals surface area contributed by atoms with E-state index in [0.717, 1.165) is 0 Å². The molecule has 1 aliphatic rings. The Kier molecular flexibility index (Phi) is 2.57. The molecule has 94 valence electrons. The van der Waals surface area contributed by atoms with Gasteiger partial charge in [0.25, 0.3) is 0 Å². The third-order valence-electron chi connectivity index (χ3n) is 2.52. The monoisotopic (exact) mass is 260 g/mol. The molecule has 1 unspecified atom stereocenters. The van der Waals surface area contributed by atoms with Gasteiger partial charge < -0.3 is 14.0 Å². The van der Waals surface area contributed by atoms with Crippen LogP contribution in [0.1, 0.15) is 25.5 Å². The van der Waals surface area contributed by atoms with Gasteiger partial charge in [0.1, 0.15) is 11.7 Å². The molecule has 0 fully saturated rings. The lowest BCUT2D eigenvalue weighted by molar-refractivity contribution is -0.000000630. The van der Waals surface area contributed by atoms with Crippen LogP contribution in [-0.4, -0.2) is 23.7 Å². The molecule has 0 aromatic heterocycles. The van der Waals surface area contributed by atoms with Gasteiger partial charge in [-0.3, -0.25) is 4.55 Å². The summed E-state index contributed by atoms with van der Waals surface area (Å²) in [5, 5.41) is 9.94. The van der Waals surface area contributed by atoms with Gasteiger partial charge in [0, 0.05) is 5.56 Å². The minimum atomic E-state index is -4.62. The number of hydrogen-bond acceptors (Lipinski definition) is 5. The Labute approximate surface area is 98.7 Å². The summed E-state index contributed by atoms with van der Waals surface area (Å²) in [6.45, 7) is 3.32. The minimum Gasteiger partial charge on any atom is -0.480 e. The molecule has 6 nitrogen and oxygen atoms in total. The maximum Gasteiger partial charge on any atom is 0.446 e. The molecule has 1 aromatic rings. The molecule has 0 amide bonds. The van der Waals surface area contributed by atoms with Crippen molar-refractivity contribution in [2.24, 2.45) is 0 Å². The van der Waals surface area contributed by atoms with E-state index in [-0.39, 0.29) is 11.5 Å². The van der Waals surface area contributed by atoms with E-state index in [0.29, 0.717) is 5.56 Å². The minimum absolute atomic E-state index is 0.127. The van der Waals surface area contributed by atoms with Crippen molar-refractivity contribution in [2.75, 3.05) is 0 Å². The molecule has 1 atom stereocenters. The molecule has 0 spiro atoms. The van der Waals surface area contributed by atoms with E-state index in [4.69, 9.17) is 9.29 Å². The smallest absolute Gasteiger partial charge is 0.446 e. The first-order chi connectivity index (χ1) is 7.71. The summed E-state index contributed by atoms with van der Waals surface area (Å²) in [4.78, 5) is 0. The Morgan fingerprint density at radius 3 is 2.65 bits per heavy atom. The van der Waals surface area contributed by atoms with E-state index in [2.05, 4.69) is 4.18 Å². The van der Waals surface area contributed by atoms with Crippen molar-refractivity contribution in [2.45, 2.75) is 25.6 Å². The standard InChI is InChI=1S/C10H12O6S/c1-10(2)9(11)6-4-3-5-7(8(6)15-10)16-17(12,13)14/h3-5,9,11H,1-2H3,(H,12,13,14). The van der Waals surface area contributed by atoms with Gasteiger partial charge in [0.2, 0.25) is 0 Å². The van der Waals surface area contributed by atoms with Crippen molar-refractivity contribution in [1.29, 1.82) is 0 Å². The number of rotatable bonds is 2. The van der Waals surface area contributed by atoms with Crippen LogP contribution in [0.3, 0.4) is 0 Å². The number of fused-ring (bicyclic) bond motifs is 1. The van der Waals surface area contributed by atoms with Gasteiger partial charge in [-0.2, -0.15) is 8.42 Å². The highest BCUT2D eigenvalue weighted by molar-refractivity contribution is 7.81. The van der Waals surface area contributed by atoms with Crippen molar-refractivity contribution in [3.8, 4) is 11.5 Å². The van der Waals surface area contributed by atoms with E-state index in [1.807, 2.05) is 0 Å². The fourth-order valence-electron chi connectivity index (χ4n) is 1.73. The average molecular weight is 260 g/mol. The van der Waals surface area contributed by atoms with Crippen LogP contribution in [0.5, 0.6) is 11.5 Å². The summed E-state index contributed by atoms with van der Waals surface area (Å²) >= 11 is 0. The van der Waals surface area contributed by atoms with E-state index >= 15 is 0 Å². The van der Waals surface area contributed by atoms with Crippen LogP contribution in [0, 0.1) is 0 Å². The number of para-hydroxylation sites is 1. The number of aliphatic hydroxyl groups excluding tert-OH is 1. The summed E-state index contributed by atoms with van der Waals surface area (Å²) in [6.07, 6.45) is -0.887. The maximum atomic E-state index is 10.7. The first-order valence-electron chi connectivity index (χ1n) is 4.87. The highest BCUT2D eigenvalue weighted by atomic mass is 32.3. The highest BCUT2D eigenvalue weighted by Crippen LogP contribution is 2.47. The lowest BCUT2D eigenvalue weighted by Gasteiger charge is -2.21. The lowest BCUT2D eigenvalue weighted by atomic mass is 9.98. The first kappa shape index (κ1) is 12.2. The van der Waals surface area contributed by atoms with Gasteiger partial charge in [-0.05, 0) is 19.9 Å². The molecular formula is C10H12O6S. The van der Waals surface area contributed by atoms with Gasteiger partial charge in [0.05, 0.1) is 0 Å². The van der Waals surface area contributed by atoms with Crippen molar-refractivity contribution in [3.63, 3.8) is 0 Å². The summed E-state index contributed by atoms with van der Waals surface area (Å²) in [5.41, 5.74) is -0.447. The third kappa shape index (κ3) is 2.21. The van der Waals surface area contributed by atoms with E-state index < -0.39 is 22.1 Å². The van der Waals surface area contributed by atoms with Crippen LogP contribution in [0.4, 0.5) is 0 Å². The zero-order chi connectivity index (χ0) is 12.8. The fraction of sp³-hybridized carbons (Fsp3) is 0.400. The molecule has 17 heavy (non-hydrogen) atoms. The largest absolute Gasteiger partial charge is 0.480 e. The summed E-state index contributed by atoms with van der Waals surface area (Å²) in [5.74, 6) is -0.0164. The maximum absolute atomic E-state index is 10.7. The molecule has 0 bridgehead atoms. The average Bonchev–Trinajstić information content (AvgIpc) is 2.38. The van der Waals surface area contributed by atoms with Gasteiger partial charge >= 0.3 is 10.4 Å². The fourth-order valence-corrected chi connectivity index (χ4v) is 2.09. The Morgan fingerprint density at radius 1 is 1.41 bits per heavy atom. The zero-order valence-electron chi connectivity index (χ0n) is 9.25. The van der Waals surface area contributed by atoms with Crippen LogP contribution >= 0.6 is 0 Å². The van der Waals surface area contributed by atoms with Crippen molar-refractivity contribution in [1.82, 2.24) is 0 Å². The topological polar surface area (TPSA) is 93.1 Å². The summed E-state index contributed by atoms with van der Waals surface area (Å²) in [7, 11) is -4.62. The summed E-state index contributed by atoms with van der Waals surface area (Å²) in [6, 6.07) is 4.44. The molecule has 0 aliphatic carbocycles. The molecule has 1 aliphatic heterocycles. The Morgan fingerprint density at radius 2 is 2.06 bits per heavy atom. The SMILES string of the molecule is CC1(C)Oc2c(OS(=O)(=O)O)cccc2C1O. The van der Waals surface area contributed by atoms with Crippen LogP contribution in [0.2, 0.25) is 0 Å². The van der Waals surface area contributed by atoms with Gasteiger partial charge in [-0.1, -0.05) is 12.1 Å². The predicted octanol–water partition coefficient (Wildman–Crippen LogP) is 1.07. The van der Waals surface area contributed by atoms with E-state index in [1.54, 1.807) is 19.9 Å². The zero-order valence-corrected chi connectivity index (χ0v) is 10.1. The second-order valence-electron chi connectivity index (χ2n) is 4.29. The second kappa shape index (κ2) is 3.59. The third-order valence-corrected chi connectivity index (χ3v) is 2.91. The van der Waals surface area contributed by atoms with E-state index in [1.165, 1.54) is 12.1 Å². The molecule has 2 N–H and O–H groups in total. The Balaban J connectivity index is 2.48. The molecule has 0 radical (unpaired) electrons. The number of benzene rings is 1. The van der Waals surface area contributed by atoms with Gasteiger partial charge in [-0.15, -0.1) is 0 Å².